The van der Waals surface area contributed by atoms with E-state index in [4.69, 9.17) is 10.4 Å². The number of pyridine rings is 1. The quantitative estimate of drug-likeness (QED) is 0.878. The van der Waals surface area contributed by atoms with E-state index in [-0.39, 0.29) is 12.5 Å². The molecule has 94 valence electrons. The fraction of sp³-hybridized carbons (Fsp3) is 0.462. The Hall–Kier alpha value is -2.09. The minimum atomic E-state index is -0.804. The van der Waals surface area contributed by atoms with Crippen molar-refractivity contribution in [2.24, 2.45) is 0 Å². The molecule has 0 radical (unpaired) electrons. The second kappa shape index (κ2) is 5.50. The standard InChI is InChI=1S/C13H15N3O2/c14-9-10-4-3-6-15-13(10)16-7-2-1-5-11(16)8-12(17)18/h3-4,6,11H,1-2,5,7-8H2,(H,17,18). The maximum Gasteiger partial charge on any atom is 0.305 e. The molecule has 1 fully saturated rings. The minimum absolute atomic E-state index is 0.0572. The molecule has 1 N–H and O–H groups in total. The summed E-state index contributed by atoms with van der Waals surface area (Å²) in [5, 5.41) is 18.0. The van der Waals surface area contributed by atoms with Gasteiger partial charge >= 0.3 is 5.97 Å². The molecule has 0 saturated carbocycles. The van der Waals surface area contributed by atoms with Crippen LogP contribution in [0.4, 0.5) is 5.82 Å². The Morgan fingerprint density at radius 2 is 2.44 bits per heavy atom. The van der Waals surface area contributed by atoms with E-state index in [0.717, 1.165) is 25.8 Å². The molecule has 0 amide bonds. The predicted molar refractivity (Wildman–Crippen MR) is 66.2 cm³/mol. The summed E-state index contributed by atoms with van der Waals surface area (Å²) in [5.74, 6) is -0.188. The summed E-state index contributed by atoms with van der Waals surface area (Å²) < 4.78 is 0. The molecule has 1 saturated heterocycles. The van der Waals surface area contributed by atoms with Crippen LogP contribution in [0.1, 0.15) is 31.2 Å². The summed E-state index contributed by atoms with van der Waals surface area (Å²) in [6, 6.07) is 5.50. The molecule has 0 aromatic carbocycles. The molecule has 1 aliphatic heterocycles. The smallest absolute Gasteiger partial charge is 0.305 e. The second-order valence-electron chi connectivity index (χ2n) is 4.43. The molecule has 5 nitrogen and oxygen atoms in total. The van der Waals surface area contributed by atoms with Gasteiger partial charge in [0.2, 0.25) is 0 Å². The first-order valence-electron chi connectivity index (χ1n) is 6.06. The summed E-state index contributed by atoms with van der Waals surface area (Å²) in [4.78, 5) is 17.1. The first-order valence-corrected chi connectivity index (χ1v) is 6.06. The van der Waals surface area contributed by atoms with Gasteiger partial charge in [0.25, 0.3) is 0 Å². The molecule has 18 heavy (non-hydrogen) atoms. The van der Waals surface area contributed by atoms with Crippen LogP contribution in [0.3, 0.4) is 0 Å². The Morgan fingerprint density at radius 3 is 3.17 bits per heavy atom. The Kier molecular flexibility index (Phi) is 3.78. The number of aliphatic carboxylic acids is 1. The number of hydrogen-bond donors (Lipinski definition) is 1. The number of aromatic nitrogens is 1. The van der Waals surface area contributed by atoms with Crippen LogP contribution in [0.25, 0.3) is 0 Å². The van der Waals surface area contributed by atoms with Crippen molar-refractivity contribution < 1.29 is 9.90 Å². The Bertz CT molecular complexity index is 481. The Morgan fingerprint density at radius 1 is 1.61 bits per heavy atom. The molecular formula is C13H15N3O2. The lowest BCUT2D eigenvalue weighted by molar-refractivity contribution is -0.137. The van der Waals surface area contributed by atoms with Crippen LogP contribution in [0, 0.1) is 11.3 Å². The van der Waals surface area contributed by atoms with Crippen molar-refractivity contribution in [3.63, 3.8) is 0 Å². The number of anilines is 1. The molecule has 0 bridgehead atoms. The molecular weight excluding hydrogens is 230 g/mol. The second-order valence-corrected chi connectivity index (χ2v) is 4.43. The maximum absolute atomic E-state index is 10.9. The normalized spacial score (nSPS) is 19.3. The third-order valence-electron chi connectivity index (χ3n) is 3.22. The van der Waals surface area contributed by atoms with Crippen molar-refractivity contribution >= 4 is 11.8 Å². The van der Waals surface area contributed by atoms with Gasteiger partial charge in [0.05, 0.1) is 12.0 Å². The van der Waals surface area contributed by atoms with Gasteiger partial charge in [-0.05, 0) is 31.4 Å². The molecule has 2 rings (SSSR count). The summed E-state index contributed by atoms with van der Waals surface area (Å²) in [7, 11) is 0. The Balaban J connectivity index is 2.28. The van der Waals surface area contributed by atoms with Gasteiger partial charge in [-0.2, -0.15) is 5.26 Å². The van der Waals surface area contributed by atoms with E-state index >= 15 is 0 Å². The van der Waals surface area contributed by atoms with E-state index in [1.807, 2.05) is 4.90 Å². The van der Waals surface area contributed by atoms with Crippen LogP contribution in [0.15, 0.2) is 18.3 Å². The highest BCUT2D eigenvalue weighted by Crippen LogP contribution is 2.27. The fourth-order valence-corrected chi connectivity index (χ4v) is 2.41. The average Bonchev–Trinajstić information content (AvgIpc) is 2.39. The van der Waals surface area contributed by atoms with Gasteiger partial charge in [-0.3, -0.25) is 4.79 Å². The largest absolute Gasteiger partial charge is 0.481 e. The van der Waals surface area contributed by atoms with E-state index in [1.165, 1.54) is 0 Å². The van der Waals surface area contributed by atoms with E-state index in [0.29, 0.717) is 11.4 Å². The molecule has 1 atom stereocenters. The minimum Gasteiger partial charge on any atom is -0.481 e. The molecule has 2 heterocycles. The number of piperidine rings is 1. The topological polar surface area (TPSA) is 77.2 Å². The lowest BCUT2D eigenvalue weighted by Gasteiger charge is -2.36. The lowest BCUT2D eigenvalue weighted by Crippen LogP contribution is -2.41. The monoisotopic (exact) mass is 245 g/mol. The van der Waals surface area contributed by atoms with Gasteiger partial charge in [0, 0.05) is 18.8 Å². The molecule has 5 heteroatoms. The molecule has 0 aliphatic carbocycles. The third kappa shape index (κ3) is 2.59. The molecule has 1 aliphatic rings. The molecule has 1 unspecified atom stereocenters. The molecule has 0 spiro atoms. The van der Waals surface area contributed by atoms with Gasteiger partial charge in [-0.1, -0.05) is 0 Å². The number of carboxylic acid groups (broad SMARTS) is 1. The fourth-order valence-electron chi connectivity index (χ4n) is 2.41. The Labute approximate surface area is 106 Å². The number of hydrogen-bond acceptors (Lipinski definition) is 4. The van der Waals surface area contributed by atoms with Crippen molar-refractivity contribution in [2.45, 2.75) is 31.7 Å². The summed E-state index contributed by atoms with van der Waals surface area (Å²) in [6.07, 6.45) is 4.62. The summed E-state index contributed by atoms with van der Waals surface area (Å²) >= 11 is 0. The number of carboxylic acids is 1. The lowest BCUT2D eigenvalue weighted by atomic mass is 9.99. The highest BCUT2D eigenvalue weighted by atomic mass is 16.4. The van der Waals surface area contributed by atoms with E-state index in [2.05, 4.69) is 11.1 Å². The highest BCUT2D eigenvalue weighted by molar-refractivity contribution is 5.69. The van der Waals surface area contributed by atoms with E-state index in [9.17, 15) is 4.79 Å². The third-order valence-corrected chi connectivity index (χ3v) is 3.22. The van der Waals surface area contributed by atoms with Crippen LogP contribution in [-0.4, -0.2) is 28.6 Å². The zero-order chi connectivity index (χ0) is 13.0. The number of nitrogens with zero attached hydrogens (tertiary/aromatic N) is 3. The van der Waals surface area contributed by atoms with Gasteiger partial charge in [-0.15, -0.1) is 0 Å². The first kappa shape index (κ1) is 12.4. The summed E-state index contributed by atoms with van der Waals surface area (Å²) in [5.41, 5.74) is 0.509. The molecule has 1 aromatic heterocycles. The van der Waals surface area contributed by atoms with E-state index in [1.54, 1.807) is 18.3 Å². The van der Waals surface area contributed by atoms with Crippen LogP contribution >= 0.6 is 0 Å². The van der Waals surface area contributed by atoms with Crippen LogP contribution in [0.5, 0.6) is 0 Å². The number of nitriles is 1. The van der Waals surface area contributed by atoms with Crippen LogP contribution < -0.4 is 4.90 Å². The molecule has 1 aromatic rings. The zero-order valence-electron chi connectivity index (χ0n) is 10.0. The van der Waals surface area contributed by atoms with E-state index < -0.39 is 5.97 Å². The van der Waals surface area contributed by atoms with Gasteiger partial charge < -0.3 is 10.0 Å². The van der Waals surface area contributed by atoms with Crippen molar-refractivity contribution in [3.8, 4) is 6.07 Å². The van der Waals surface area contributed by atoms with Crippen molar-refractivity contribution in [3.05, 3.63) is 23.9 Å². The van der Waals surface area contributed by atoms with Gasteiger partial charge in [-0.25, -0.2) is 4.98 Å². The van der Waals surface area contributed by atoms with Gasteiger partial charge in [0.1, 0.15) is 11.9 Å². The van der Waals surface area contributed by atoms with Crippen molar-refractivity contribution in [1.29, 1.82) is 5.26 Å². The number of carbonyl (C=O) groups is 1. The van der Waals surface area contributed by atoms with Crippen molar-refractivity contribution in [2.75, 3.05) is 11.4 Å². The number of rotatable bonds is 3. The van der Waals surface area contributed by atoms with Crippen molar-refractivity contribution in [1.82, 2.24) is 4.98 Å². The van der Waals surface area contributed by atoms with Gasteiger partial charge in [0.15, 0.2) is 0 Å². The predicted octanol–water partition coefficient (Wildman–Crippen LogP) is 1.79. The zero-order valence-corrected chi connectivity index (χ0v) is 10.0. The average molecular weight is 245 g/mol. The summed E-state index contributed by atoms with van der Waals surface area (Å²) in [6.45, 7) is 0.768. The maximum atomic E-state index is 10.9. The van der Waals surface area contributed by atoms with Crippen LogP contribution in [-0.2, 0) is 4.79 Å². The first-order chi connectivity index (χ1) is 8.72. The SMILES string of the molecule is N#Cc1cccnc1N1CCCCC1CC(=O)O. The van der Waals surface area contributed by atoms with Crippen LogP contribution in [0.2, 0.25) is 0 Å². The highest BCUT2D eigenvalue weighted by Gasteiger charge is 2.27.